The first-order valence-corrected chi connectivity index (χ1v) is 12.3. The lowest BCUT2D eigenvalue weighted by molar-refractivity contribution is 0.293. The maximum absolute atomic E-state index is 13.7. The standard InChI is InChI=1S/C26H25N3O2S/c27-14-21-10-5-7-13-26(21)32(30,31)29-17-22-11-4-6-12-24(22)25-19-28(16-23(25)18-29)15-20-8-2-1-3-9-20/h1-13,23,25H,15-19H2/t23-,25?/m0/s1. The number of likely N-dealkylation sites (tertiary alicyclic amines) is 1. The second-order valence-corrected chi connectivity index (χ2v) is 10.6. The van der Waals surface area contributed by atoms with Crippen molar-refractivity contribution in [2.75, 3.05) is 19.6 Å². The largest absolute Gasteiger partial charge is 0.298 e. The van der Waals surface area contributed by atoms with E-state index in [0.717, 1.165) is 25.2 Å². The molecule has 6 heteroatoms. The number of rotatable bonds is 4. The second-order valence-electron chi connectivity index (χ2n) is 8.65. The predicted molar refractivity (Wildman–Crippen MR) is 123 cm³/mol. The summed E-state index contributed by atoms with van der Waals surface area (Å²) in [5.74, 6) is 0.493. The molecule has 5 nitrogen and oxygen atoms in total. The van der Waals surface area contributed by atoms with Crippen LogP contribution in [0.15, 0.2) is 83.8 Å². The van der Waals surface area contributed by atoms with Crippen molar-refractivity contribution in [1.29, 1.82) is 5.26 Å². The van der Waals surface area contributed by atoms with E-state index in [-0.39, 0.29) is 16.4 Å². The first-order chi connectivity index (χ1) is 15.6. The van der Waals surface area contributed by atoms with Gasteiger partial charge in [-0.2, -0.15) is 9.57 Å². The third kappa shape index (κ3) is 3.84. The highest BCUT2D eigenvalue weighted by Crippen LogP contribution is 2.40. The number of sulfonamides is 1. The zero-order valence-corrected chi connectivity index (χ0v) is 18.6. The topological polar surface area (TPSA) is 64.4 Å². The maximum Gasteiger partial charge on any atom is 0.244 e. The van der Waals surface area contributed by atoms with Crippen molar-refractivity contribution in [1.82, 2.24) is 9.21 Å². The number of hydrogen-bond donors (Lipinski definition) is 0. The molecule has 1 saturated heterocycles. The van der Waals surface area contributed by atoms with Crippen molar-refractivity contribution in [3.63, 3.8) is 0 Å². The van der Waals surface area contributed by atoms with Gasteiger partial charge in [-0.05, 0) is 34.7 Å². The van der Waals surface area contributed by atoms with Gasteiger partial charge in [-0.3, -0.25) is 4.90 Å². The number of nitrogens with zero attached hydrogens (tertiary/aromatic N) is 3. The van der Waals surface area contributed by atoms with Gasteiger partial charge in [0.1, 0.15) is 6.07 Å². The Bertz CT molecular complexity index is 1270. The van der Waals surface area contributed by atoms with Gasteiger partial charge in [-0.1, -0.05) is 66.7 Å². The Kier molecular flexibility index (Phi) is 5.56. The highest BCUT2D eigenvalue weighted by molar-refractivity contribution is 7.89. The summed E-state index contributed by atoms with van der Waals surface area (Å²) in [4.78, 5) is 2.53. The molecule has 0 radical (unpaired) electrons. The number of fused-ring (bicyclic) bond motifs is 3. The molecule has 32 heavy (non-hydrogen) atoms. The minimum Gasteiger partial charge on any atom is -0.298 e. The highest BCUT2D eigenvalue weighted by Gasteiger charge is 2.41. The summed E-state index contributed by atoms with van der Waals surface area (Å²) >= 11 is 0. The van der Waals surface area contributed by atoms with E-state index in [1.54, 1.807) is 28.6 Å². The summed E-state index contributed by atoms with van der Waals surface area (Å²) < 4.78 is 28.9. The van der Waals surface area contributed by atoms with E-state index >= 15 is 0 Å². The first kappa shape index (κ1) is 20.9. The molecule has 3 aromatic rings. The average molecular weight is 444 g/mol. The zero-order chi connectivity index (χ0) is 22.1. The Hall–Kier alpha value is -2.98. The van der Waals surface area contributed by atoms with Crippen LogP contribution >= 0.6 is 0 Å². The smallest absolute Gasteiger partial charge is 0.244 e. The summed E-state index contributed by atoms with van der Waals surface area (Å²) in [6, 6.07) is 27.1. The van der Waals surface area contributed by atoms with Crippen LogP contribution in [0.25, 0.3) is 0 Å². The number of nitriles is 1. The van der Waals surface area contributed by atoms with Crippen molar-refractivity contribution in [3.05, 3.63) is 101 Å². The minimum absolute atomic E-state index is 0.0950. The van der Waals surface area contributed by atoms with Crippen molar-refractivity contribution >= 4 is 10.0 Å². The first-order valence-electron chi connectivity index (χ1n) is 10.9. The van der Waals surface area contributed by atoms with Gasteiger partial charge in [0.15, 0.2) is 0 Å². The van der Waals surface area contributed by atoms with Gasteiger partial charge >= 0.3 is 0 Å². The highest BCUT2D eigenvalue weighted by atomic mass is 32.2. The van der Waals surface area contributed by atoms with Crippen LogP contribution in [-0.4, -0.2) is 37.3 Å². The van der Waals surface area contributed by atoms with Crippen molar-refractivity contribution < 1.29 is 8.42 Å². The summed E-state index contributed by atoms with van der Waals surface area (Å²) in [5.41, 5.74) is 3.77. The zero-order valence-electron chi connectivity index (χ0n) is 17.8. The van der Waals surface area contributed by atoms with Crippen molar-refractivity contribution in [3.8, 4) is 6.07 Å². The van der Waals surface area contributed by atoms with Gasteiger partial charge in [0.25, 0.3) is 0 Å². The molecule has 0 N–H and O–H groups in total. The van der Waals surface area contributed by atoms with Crippen LogP contribution < -0.4 is 0 Å². The van der Waals surface area contributed by atoms with Crippen molar-refractivity contribution in [2.24, 2.45) is 5.92 Å². The Morgan fingerprint density at radius 1 is 0.875 bits per heavy atom. The summed E-state index contributed by atoms with van der Waals surface area (Å²) in [6.45, 7) is 3.41. The molecule has 2 aliphatic heterocycles. The quantitative estimate of drug-likeness (QED) is 0.612. The lowest BCUT2D eigenvalue weighted by Crippen LogP contribution is -2.35. The molecule has 2 aliphatic rings. The Morgan fingerprint density at radius 2 is 1.59 bits per heavy atom. The predicted octanol–water partition coefficient (Wildman–Crippen LogP) is 3.98. The molecule has 2 atom stereocenters. The normalized spacial score (nSPS) is 21.3. The van der Waals surface area contributed by atoms with Crippen LogP contribution in [0, 0.1) is 17.2 Å². The molecule has 1 fully saturated rings. The van der Waals surface area contributed by atoms with E-state index in [1.165, 1.54) is 11.1 Å². The van der Waals surface area contributed by atoms with Crippen LogP contribution in [0.4, 0.5) is 0 Å². The Labute approximate surface area is 189 Å². The molecule has 0 saturated carbocycles. The molecular formula is C26H25N3O2S. The Morgan fingerprint density at radius 3 is 2.41 bits per heavy atom. The fourth-order valence-corrected chi connectivity index (χ4v) is 6.75. The van der Waals surface area contributed by atoms with Crippen LogP contribution in [-0.2, 0) is 23.1 Å². The average Bonchev–Trinajstić information content (AvgIpc) is 3.14. The lowest BCUT2D eigenvalue weighted by atomic mass is 9.87. The molecule has 3 aromatic carbocycles. The van der Waals surface area contributed by atoms with Gasteiger partial charge in [0.2, 0.25) is 10.0 Å². The summed E-state index contributed by atoms with van der Waals surface area (Å²) in [5, 5.41) is 9.48. The van der Waals surface area contributed by atoms with Crippen LogP contribution in [0.1, 0.15) is 28.2 Å². The van der Waals surface area contributed by atoms with E-state index in [2.05, 4.69) is 35.2 Å². The van der Waals surface area contributed by atoms with E-state index in [1.807, 2.05) is 30.3 Å². The molecule has 0 amide bonds. The minimum atomic E-state index is -3.79. The van der Waals surface area contributed by atoms with Gasteiger partial charge in [-0.25, -0.2) is 8.42 Å². The molecule has 2 heterocycles. The van der Waals surface area contributed by atoms with Crippen LogP contribution in [0.5, 0.6) is 0 Å². The second kappa shape index (κ2) is 8.51. The molecule has 0 spiro atoms. The molecule has 0 aliphatic carbocycles. The van der Waals surface area contributed by atoms with Crippen LogP contribution in [0.2, 0.25) is 0 Å². The van der Waals surface area contributed by atoms with Gasteiger partial charge < -0.3 is 0 Å². The molecule has 5 rings (SSSR count). The Balaban J connectivity index is 1.49. The molecule has 0 bridgehead atoms. The lowest BCUT2D eigenvalue weighted by Gasteiger charge is -2.24. The van der Waals surface area contributed by atoms with E-state index in [9.17, 15) is 13.7 Å². The monoisotopic (exact) mass is 443 g/mol. The molecule has 0 aromatic heterocycles. The van der Waals surface area contributed by atoms with Crippen molar-refractivity contribution in [2.45, 2.75) is 23.9 Å². The number of hydrogen-bond acceptors (Lipinski definition) is 4. The fourth-order valence-electron chi connectivity index (χ4n) is 5.13. The van der Waals surface area contributed by atoms with Gasteiger partial charge in [0, 0.05) is 38.6 Å². The van der Waals surface area contributed by atoms with Gasteiger partial charge in [0.05, 0.1) is 10.5 Å². The molecule has 162 valence electrons. The molecular weight excluding hydrogens is 418 g/mol. The third-order valence-corrected chi connectivity index (χ3v) is 8.50. The SMILES string of the molecule is N#Cc1ccccc1S(=O)(=O)N1Cc2ccccc2C2CN(Cc3ccccc3)C[C@H]2C1. The maximum atomic E-state index is 13.7. The van der Waals surface area contributed by atoms with E-state index in [0.29, 0.717) is 19.0 Å². The van der Waals surface area contributed by atoms with Gasteiger partial charge in [-0.15, -0.1) is 0 Å². The summed E-state index contributed by atoms with van der Waals surface area (Å²) in [7, 11) is -3.79. The third-order valence-electron chi connectivity index (χ3n) is 6.63. The molecule has 1 unspecified atom stereocenters. The summed E-state index contributed by atoms with van der Waals surface area (Å²) in [6.07, 6.45) is 0. The van der Waals surface area contributed by atoms with E-state index < -0.39 is 10.0 Å². The van der Waals surface area contributed by atoms with Crippen LogP contribution in [0.3, 0.4) is 0 Å². The number of benzene rings is 3. The fraction of sp³-hybridized carbons (Fsp3) is 0.269. The van der Waals surface area contributed by atoms with E-state index in [4.69, 9.17) is 0 Å².